The standard InChI is InChI=1S/C16H26N2/c1-3-16(8-4-5-9-16)12-18-11-14-6-7-15(17)13(2)10-14/h6-7,10,18H,3-5,8-9,11-12,17H2,1-2H3. The average Bonchev–Trinajstić information content (AvgIpc) is 2.83. The zero-order chi connectivity index (χ0) is 13.0. The van der Waals surface area contributed by atoms with E-state index in [-0.39, 0.29) is 0 Å². The third kappa shape index (κ3) is 3.05. The lowest BCUT2D eigenvalue weighted by Gasteiger charge is -2.27. The Hall–Kier alpha value is -1.02. The largest absolute Gasteiger partial charge is 0.399 e. The van der Waals surface area contributed by atoms with Crippen molar-refractivity contribution in [3.05, 3.63) is 29.3 Å². The van der Waals surface area contributed by atoms with Crippen LogP contribution in [0.1, 0.15) is 50.2 Å². The van der Waals surface area contributed by atoms with Gasteiger partial charge in [-0.05, 0) is 48.8 Å². The minimum absolute atomic E-state index is 0.572. The minimum Gasteiger partial charge on any atom is -0.399 e. The summed E-state index contributed by atoms with van der Waals surface area (Å²) in [6.45, 7) is 6.53. The molecule has 0 radical (unpaired) electrons. The maximum absolute atomic E-state index is 5.84. The summed E-state index contributed by atoms with van der Waals surface area (Å²) in [5.74, 6) is 0. The van der Waals surface area contributed by atoms with Crippen LogP contribution in [0.15, 0.2) is 18.2 Å². The van der Waals surface area contributed by atoms with Crippen molar-refractivity contribution in [1.82, 2.24) is 5.32 Å². The van der Waals surface area contributed by atoms with Gasteiger partial charge in [-0.1, -0.05) is 31.9 Å². The number of aryl methyl sites for hydroxylation is 1. The highest BCUT2D eigenvalue weighted by atomic mass is 14.9. The van der Waals surface area contributed by atoms with Gasteiger partial charge >= 0.3 is 0 Å². The fraction of sp³-hybridized carbons (Fsp3) is 0.625. The van der Waals surface area contributed by atoms with Crippen LogP contribution < -0.4 is 11.1 Å². The third-order valence-corrected chi connectivity index (χ3v) is 4.58. The quantitative estimate of drug-likeness (QED) is 0.778. The Kier molecular flexibility index (Phi) is 4.28. The molecule has 2 rings (SSSR count). The molecule has 0 heterocycles. The van der Waals surface area contributed by atoms with Crippen LogP contribution in [0.25, 0.3) is 0 Å². The molecule has 18 heavy (non-hydrogen) atoms. The van der Waals surface area contributed by atoms with Crippen LogP contribution >= 0.6 is 0 Å². The van der Waals surface area contributed by atoms with Crippen molar-refractivity contribution in [2.45, 2.75) is 52.5 Å². The van der Waals surface area contributed by atoms with Crippen LogP contribution in [0.2, 0.25) is 0 Å². The summed E-state index contributed by atoms with van der Waals surface area (Å²) in [6, 6.07) is 6.33. The van der Waals surface area contributed by atoms with Crippen molar-refractivity contribution >= 4 is 5.69 Å². The molecule has 0 aromatic heterocycles. The van der Waals surface area contributed by atoms with Gasteiger partial charge in [-0.2, -0.15) is 0 Å². The van der Waals surface area contributed by atoms with E-state index in [1.54, 1.807) is 0 Å². The van der Waals surface area contributed by atoms with E-state index in [9.17, 15) is 0 Å². The lowest BCUT2D eigenvalue weighted by Crippen LogP contribution is -2.31. The van der Waals surface area contributed by atoms with Crippen molar-refractivity contribution in [2.75, 3.05) is 12.3 Å². The Bertz CT molecular complexity index is 392. The Labute approximate surface area is 111 Å². The van der Waals surface area contributed by atoms with E-state index in [2.05, 4.69) is 31.3 Å². The maximum atomic E-state index is 5.84. The first-order chi connectivity index (χ1) is 8.65. The number of rotatable bonds is 5. The highest BCUT2D eigenvalue weighted by Gasteiger charge is 2.31. The van der Waals surface area contributed by atoms with E-state index in [4.69, 9.17) is 5.73 Å². The second-order valence-electron chi connectivity index (χ2n) is 5.86. The molecule has 0 amide bonds. The smallest absolute Gasteiger partial charge is 0.0343 e. The van der Waals surface area contributed by atoms with Crippen LogP contribution in [0.5, 0.6) is 0 Å². The van der Waals surface area contributed by atoms with Gasteiger partial charge < -0.3 is 11.1 Å². The molecule has 1 aromatic carbocycles. The summed E-state index contributed by atoms with van der Waals surface area (Å²) < 4.78 is 0. The Morgan fingerprint density at radius 2 is 2.00 bits per heavy atom. The van der Waals surface area contributed by atoms with Crippen LogP contribution in [-0.2, 0) is 6.54 Å². The van der Waals surface area contributed by atoms with Crippen molar-refractivity contribution < 1.29 is 0 Å². The molecule has 0 saturated heterocycles. The summed E-state index contributed by atoms with van der Waals surface area (Å²) >= 11 is 0. The highest BCUT2D eigenvalue weighted by molar-refractivity contribution is 5.47. The van der Waals surface area contributed by atoms with Crippen molar-refractivity contribution in [1.29, 1.82) is 0 Å². The first-order valence-corrected chi connectivity index (χ1v) is 7.21. The molecule has 1 aliphatic carbocycles. The van der Waals surface area contributed by atoms with Gasteiger partial charge in [0.15, 0.2) is 0 Å². The number of hydrogen-bond donors (Lipinski definition) is 2. The molecular formula is C16H26N2. The minimum atomic E-state index is 0.572. The van der Waals surface area contributed by atoms with E-state index in [1.165, 1.54) is 43.2 Å². The van der Waals surface area contributed by atoms with Gasteiger partial charge in [0, 0.05) is 18.8 Å². The van der Waals surface area contributed by atoms with Gasteiger partial charge in [-0.25, -0.2) is 0 Å². The van der Waals surface area contributed by atoms with E-state index >= 15 is 0 Å². The molecule has 1 saturated carbocycles. The number of hydrogen-bond acceptors (Lipinski definition) is 2. The topological polar surface area (TPSA) is 38.0 Å². The summed E-state index contributed by atoms with van der Waals surface area (Å²) in [4.78, 5) is 0. The number of nitrogen functional groups attached to an aromatic ring is 1. The molecule has 1 fully saturated rings. The van der Waals surface area contributed by atoms with Crippen molar-refractivity contribution in [3.63, 3.8) is 0 Å². The molecule has 100 valence electrons. The average molecular weight is 246 g/mol. The fourth-order valence-corrected chi connectivity index (χ4v) is 3.10. The van der Waals surface area contributed by atoms with E-state index in [0.717, 1.165) is 18.8 Å². The van der Waals surface area contributed by atoms with Crippen LogP contribution in [0.4, 0.5) is 5.69 Å². The van der Waals surface area contributed by atoms with Crippen LogP contribution in [0.3, 0.4) is 0 Å². The molecule has 0 aliphatic heterocycles. The Balaban J connectivity index is 1.86. The first kappa shape index (κ1) is 13.4. The number of nitrogens with two attached hydrogens (primary N) is 1. The van der Waals surface area contributed by atoms with Crippen molar-refractivity contribution in [3.8, 4) is 0 Å². The molecule has 0 bridgehead atoms. The van der Waals surface area contributed by atoms with Gasteiger partial charge in [-0.15, -0.1) is 0 Å². The highest BCUT2D eigenvalue weighted by Crippen LogP contribution is 2.40. The third-order valence-electron chi connectivity index (χ3n) is 4.58. The molecule has 0 atom stereocenters. The molecule has 0 spiro atoms. The van der Waals surface area contributed by atoms with Crippen LogP contribution in [0, 0.1) is 12.3 Å². The summed E-state index contributed by atoms with van der Waals surface area (Å²) in [5.41, 5.74) is 9.82. The van der Waals surface area contributed by atoms with Gasteiger partial charge in [-0.3, -0.25) is 0 Å². The Morgan fingerprint density at radius 3 is 2.61 bits per heavy atom. The lowest BCUT2D eigenvalue weighted by molar-refractivity contribution is 0.268. The molecule has 3 N–H and O–H groups in total. The predicted molar refractivity (Wildman–Crippen MR) is 78.5 cm³/mol. The second kappa shape index (κ2) is 5.75. The summed E-state index contributed by atoms with van der Waals surface area (Å²) in [7, 11) is 0. The predicted octanol–water partition coefficient (Wildman–Crippen LogP) is 3.64. The van der Waals surface area contributed by atoms with Gasteiger partial charge in [0.2, 0.25) is 0 Å². The summed E-state index contributed by atoms with van der Waals surface area (Å²) in [5, 5.41) is 3.64. The lowest BCUT2D eigenvalue weighted by atomic mass is 9.83. The zero-order valence-electron chi connectivity index (χ0n) is 11.8. The van der Waals surface area contributed by atoms with E-state index in [1.807, 2.05) is 6.07 Å². The van der Waals surface area contributed by atoms with Gasteiger partial charge in [0.1, 0.15) is 0 Å². The summed E-state index contributed by atoms with van der Waals surface area (Å²) in [6.07, 6.45) is 6.93. The molecule has 0 unspecified atom stereocenters. The maximum Gasteiger partial charge on any atom is 0.0343 e. The molecule has 1 aliphatic rings. The molecule has 1 aromatic rings. The van der Waals surface area contributed by atoms with E-state index in [0.29, 0.717) is 5.41 Å². The van der Waals surface area contributed by atoms with Gasteiger partial charge in [0.25, 0.3) is 0 Å². The Morgan fingerprint density at radius 1 is 1.28 bits per heavy atom. The molecule has 2 heteroatoms. The monoisotopic (exact) mass is 246 g/mol. The zero-order valence-corrected chi connectivity index (χ0v) is 11.8. The SMILES string of the molecule is CCC1(CNCc2ccc(N)c(C)c2)CCCC1. The normalized spacial score (nSPS) is 18.1. The number of anilines is 1. The number of benzene rings is 1. The van der Waals surface area contributed by atoms with Crippen LogP contribution in [-0.4, -0.2) is 6.54 Å². The second-order valence-corrected chi connectivity index (χ2v) is 5.86. The van der Waals surface area contributed by atoms with E-state index < -0.39 is 0 Å². The fourth-order valence-electron chi connectivity index (χ4n) is 3.10. The molecular weight excluding hydrogens is 220 g/mol. The molecule has 2 nitrogen and oxygen atoms in total. The first-order valence-electron chi connectivity index (χ1n) is 7.21. The van der Waals surface area contributed by atoms with Crippen molar-refractivity contribution in [2.24, 2.45) is 5.41 Å². The number of nitrogens with one attached hydrogen (secondary N) is 1. The van der Waals surface area contributed by atoms with Gasteiger partial charge in [0.05, 0.1) is 0 Å².